The Kier molecular flexibility index (Phi) is 34.7. The number of carbonyl (C=O) groups is 2. The number of hydrogen-bond acceptors (Lipinski definition) is 14. The van der Waals surface area contributed by atoms with Crippen molar-refractivity contribution in [1.29, 1.82) is 0 Å². The minimum Gasteiger partial charge on any atom is -0.481 e. The molecule has 1 N–H and O–H groups in total. The lowest BCUT2D eigenvalue weighted by atomic mass is 10.2. The number of esters is 1. The van der Waals surface area contributed by atoms with Gasteiger partial charge in [0, 0.05) is 12.8 Å². The quantitative estimate of drug-likeness (QED) is 0.0776. The fourth-order valence-electron chi connectivity index (χ4n) is 3.80. The average molecular weight is 721 g/mol. The molecular weight excluding hydrogens is 660 g/mol. The summed E-state index contributed by atoms with van der Waals surface area (Å²) in [5.74, 6) is -1.21. The highest BCUT2D eigenvalue weighted by Gasteiger charge is 2.04. The molecule has 0 amide bonds. The van der Waals surface area contributed by atoms with Crippen LogP contribution in [0.1, 0.15) is 31.2 Å². The molecule has 0 atom stereocenters. The van der Waals surface area contributed by atoms with E-state index < -0.39 is 5.97 Å². The Hall–Kier alpha value is -2.28. The Morgan fingerprint density at radius 1 is 0.400 bits per heavy atom. The van der Waals surface area contributed by atoms with Crippen LogP contribution in [0.25, 0.3) is 0 Å². The summed E-state index contributed by atoms with van der Waals surface area (Å²) in [6.07, 6.45) is 1.23. The lowest BCUT2D eigenvalue weighted by molar-refractivity contribution is -0.146. The molecular formula is C35H60O15. The van der Waals surface area contributed by atoms with E-state index in [1.165, 1.54) is 0 Å². The van der Waals surface area contributed by atoms with Crippen LogP contribution in [0, 0.1) is 0 Å². The third-order valence-corrected chi connectivity index (χ3v) is 6.34. The van der Waals surface area contributed by atoms with Gasteiger partial charge in [-0.05, 0) is 18.4 Å². The van der Waals surface area contributed by atoms with Crippen molar-refractivity contribution >= 4 is 11.9 Å². The Labute approximate surface area is 296 Å². The van der Waals surface area contributed by atoms with Gasteiger partial charge in [0.25, 0.3) is 0 Å². The second kappa shape index (κ2) is 38.0. The van der Waals surface area contributed by atoms with Gasteiger partial charge in [0.05, 0.1) is 145 Å². The summed E-state index contributed by atoms with van der Waals surface area (Å²) < 4.78 is 65.1. The van der Waals surface area contributed by atoms with Crippen LogP contribution in [0.3, 0.4) is 0 Å². The van der Waals surface area contributed by atoms with E-state index in [1.54, 1.807) is 0 Å². The van der Waals surface area contributed by atoms with E-state index in [-0.39, 0.29) is 32.0 Å². The van der Waals surface area contributed by atoms with Crippen molar-refractivity contribution in [2.75, 3.05) is 145 Å². The van der Waals surface area contributed by atoms with Gasteiger partial charge < -0.3 is 61.9 Å². The summed E-state index contributed by atoms with van der Waals surface area (Å²) in [5.41, 5.74) is 1.15. The summed E-state index contributed by atoms with van der Waals surface area (Å²) in [6, 6.07) is 10.0. The van der Waals surface area contributed by atoms with Crippen LogP contribution in [-0.2, 0) is 73.0 Å². The molecule has 1 aromatic carbocycles. The van der Waals surface area contributed by atoms with E-state index in [2.05, 4.69) is 0 Å². The zero-order valence-electron chi connectivity index (χ0n) is 29.6. The van der Waals surface area contributed by atoms with Crippen LogP contribution in [0.4, 0.5) is 0 Å². The van der Waals surface area contributed by atoms with Gasteiger partial charge in [-0.1, -0.05) is 30.3 Å². The predicted molar refractivity (Wildman–Crippen MR) is 181 cm³/mol. The van der Waals surface area contributed by atoms with Crippen LogP contribution in [0.2, 0.25) is 0 Å². The number of aliphatic carboxylic acids is 1. The molecule has 0 unspecified atom stereocenters. The molecule has 15 nitrogen and oxygen atoms in total. The van der Waals surface area contributed by atoms with Crippen molar-refractivity contribution in [3.05, 3.63) is 35.9 Å². The molecule has 0 aliphatic heterocycles. The number of hydrogen-bond donors (Lipinski definition) is 1. The Balaban J connectivity index is 1.63. The number of carboxylic acid groups (broad SMARTS) is 1. The standard InChI is InChI=1S/C35H60O15/c36-34(37)8-4-5-9-35(38)50-31-30-48-27-26-46-23-22-44-19-18-42-15-14-40-11-10-39-12-13-41-16-17-43-20-21-45-24-25-47-28-29-49-32-33-6-2-1-3-7-33/h1-3,6-7H,4-5,8-32H2,(H,36,37). The molecule has 0 aliphatic rings. The van der Waals surface area contributed by atoms with Gasteiger partial charge in [0.15, 0.2) is 0 Å². The first-order valence-corrected chi connectivity index (χ1v) is 17.4. The van der Waals surface area contributed by atoms with E-state index in [4.69, 9.17) is 61.9 Å². The number of carboxylic acids is 1. The fourth-order valence-corrected chi connectivity index (χ4v) is 3.80. The molecule has 1 aromatic rings. The molecule has 50 heavy (non-hydrogen) atoms. The maximum atomic E-state index is 11.5. The van der Waals surface area contributed by atoms with Crippen LogP contribution < -0.4 is 0 Å². The molecule has 0 fully saturated rings. The zero-order valence-corrected chi connectivity index (χ0v) is 29.6. The molecule has 0 heterocycles. The first-order valence-electron chi connectivity index (χ1n) is 17.4. The molecule has 0 aromatic heterocycles. The third kappa shape index (κ3) is 35.5. The molecule has 1 rings (SSSR count). The van der Waals surface area contributed by atoms with E-state index in [1.807, 2.05) is 30.3 Å². The number of ether oxygens (including phenoxy) is 12. The topological polar surface area (TPSA) is 165 Å². The minimum absolute atomic E-state index is 0.0594. The largest absolute Gasteiger partial charge is 0.481 e. The monoisotopic (exact) mass is 720 g/mol. The van der Waals surface area contributed by atoms with Crippen LogP contribution >= 0.6 is 0 Å². The van der Waals surface area contributed by atoms with Crippen molar-refractivity contribution in [1.82, 2.24) is 0 Å². The molecule has 0 saturated heterocycles. The van der Waals surface area contributed by atoms with Crippen molar-refractivity contribution in [2.45, 2.75) is 32.3 Å². The summed E-state index contributed by atoms with van der Waals surface area (Å²) in [4.78, 5) is 21.9. The first-order chi connectivity index (χ1) is 24.7. The lowest BCUT2D eigenvalue weighted by Gasteiger charge is -2.09. The maximum Gasteiger partial charge on any atom is 0.305 e. The Morgan fingerprint density at radius 3 is 1.04 bits per heavy atom. The molecule has 15 heteroatoms. The highest BCUT2D eigenvalue weighted by atomic mass is 16.6. The Bertz CT molecular complexity index is 862. The average Bonchev–Trinajstić information content (AvgIpc) is 3.12. The summed E-state index contributed by atoms with van der Waals surface area (Å²) in [5, 5.41) is 8.55. The maximum absolute atomic E-state index is 11.5. The van der Waals surface area contributed by atoms with Crippen LogP contribution in [0.15, 0.2) is 30.3 Å². The minimum atomic E-state index is -0.863. The SMILES string of the molecule is O=C(O)CCCCC(=O)OCCOCCOCCOCCOCCOCCOCCOCCOCCOCCOCCOCc1ccccc1. The van der Waals surface area contributed by atoms with E-state index in [9.17, 15) is 9.59 Å². The number of carbonyl (C=O) groups excluding carboxylic acids is 1. The molecule has 0 spiro atoms. The van der Waals surface area contributed by atoms with Gasteiger partial charge in [-0.2, -0.15) is 0 Å². The van der Waals surface area contributed by atoms with Crippen LogP contribution in [-0.4, -0.2) is 162 Å². The van der Waals surface area contributed by atoms with Gasteiger partial charge >= 0.3 is 11.9 Å². The number of benzene rings is 1. The number of rotatable bonds is 40. The van der Waals surface area contributed by atoms with E-state index in [0.29, 0.717) is 152 Å². The predicted octanol–water partition coefficient (Wildman–Crippen LogP) is 2.56. The third-order valence-electron chi connectivity index (χ3n) is 6.34. The van der Waals surface area contributed by atoms with Gasteiger partial charge in [0.2, 0.25) is 0 Å². The van der Waals surface area contributed by atoms with E-state index in [0.717, 1.165) is 5.56 Å². The molecule has 0 aliphatic carbocycles. The van der Waals surface area contributed by atoms with Crippen molar-refractivity contribution in [3.63, 3.8) is 0 Å². The van der Waals surface area contributed by atoms with Crippen molar-refractivity contribution in [2.24, 2.45) is 0 Å². The Morgan fingerprint density at radius 2 is 0.700 bits per heavy atom. The zero-order chi connectivity index (χ0) is 35.8. The summed E-state index contributed by atoms with van der Waals surface area (Å²) >= 11 is 0. The molecule has 290 valence electrons. The second-order valence-corrected chi connectivity index (χ2v) is 10.5. The highest BCUT2D eigenvalue weighted by Crippen LogP contribution is 2.02. The van der Waals surface area contributed by atoms with Gasteiger partial charge in [-0.25, -0.2) is 0 Å². The van der Waals surface area contributed by atoms with Gasteiger partial charge in [-0.3, -0.25) is 9.59 Å². The van der Waals surface area contributed by atoms with Crippen molar-refractivity contribution in [3.8, 4) is 0 Å². The fraction of sp³-hybridized carbons (Fsp3) is 0.771. The van der Waals surface area contributed by atoms with Crippen molar-refractivity contribution < 1.29 is 71.5 Å². The van der Waals surface area contributed by atoms with E-state index >= 15 is 0 Å². The number of unbranched alkanes of at least 4 members (excludes halogenated alkanes) is 1. The van der Waals surface area contributed by atoms with Gasteiger partial charge in [0.1, 0.15) is 6.61 Å². The second-order valence-electron chi connectivity index (χ2n) is 10.5. The summed E-state index contributed by atoms with van der Waals surface area (Å²) in [7, 11) is 0. The molecule has 0 saturated carbocycles. The first kappa shape index (κ1) is 45.7. The van der Waals surface area contributed by atoms with Gasteiger partial charge in [-0.15, -0.1) is 0 Å². The normalized spacial score (nSPS) is 11.3. The molecule has 0 bridgehead atoms. The smallest absolute Gasteiger partial charge is 0.305 e. The highest BCUT2D eigenvalue weighted by molar-refractivity contribution is 5.69. The van der Waals surface area contributed by atoms with Crippen LogP contribution in [0.5, 0.6) is 0 Å². The molecule has 0 radical (unpaired) electrons. The summed E-state index contributed by atoms with van der Waals surface area (Å²) in [6.45, 7) is 10.7. The lowest BCUT2D eigenvalue weighted by Crippen LogP contribution is -2.15.